The second kappa shape index (κ2) is 4.03. The Balaban J connectivity index is 3.19. The number of hydrogen-bond donors (Lipinski definition) is 1. The molecule has 80 valence electrons. The van der Waals surface area contributed by atoms with Crippen LogP contribution in [0.3, 0.4) is 0 Å². The summed E-state index contributed by atoms with van der Waals surface area (Å²) >= 11 is 1.40. The largest absolute Gasteiger partial charge is 0.317 e. The molecule has 15 heavy (non-hydrogen) atoms. The molecule has 0 bridgehead atoms. The molecule has 1 rings (SSSR count). The summed E-state index contributed by atoms with van der Waals surface area (Å²) in [6.07, 6.45) is 0. The highest BCUT2D eigenvalue weighted by Gasteiger charge is 2.22. The molecule has 0 spiro atoms. The van der Waals surface area contributed by atoms with E-state index >= 15 is 0 Å². The van der Waals surface area contributed by atoms with Crippen LogP contribution in [0, 0.1) is 11.3 Å². The van der Waals surface area contributed by atoms with Gasteiger partial charge in [-0.25, -0.2) is 0 Å². The van der Waals surface area contributed by atoms with E-state index in [0.29, 0.717) is 10.6 Å². The molecule has 0 fully saturated rings. The van der Waals surface area contributed by atoms with E-state index in [2.05, 4.69) is 11.4 Å². The van der Waals surface area contributed by atoms with Crippen molar-refractivity contribution in [2.24, 2.45) is 0 Å². The zero-order valence-electron chi connectivity index (χ0n) is 9.34. The summed E-state index contributed by atoms with van der Waals surface area (Å²) < 4.78 is 0. The van der Waals surface area contributed by atoms with Crippen molar-refractivity contribution in [1.29, 1.82) is 5.26 Å². The summed E-state index contributed by atoms with van der Waals surface area (Å²) in [6, 6.07) is 2.15. The van der Waals surface area contributed by atoms with Gasteiger partial charge in [-0.15, -0.1) is 11.3 Å². The highest BCUT2D eigenvalue weighted by Crippen LogP contribution is 2.35. The van der Waals surface area contributed by atoms with Gasteiger partial charge in [0.15, 0.2) is 0 Å². The quantitative estimate of drug-likeness (QED) is 0.794. The van der Waals surface area contributed by atoms with Crippen LogP contribution >= 0.6 is 11.3 Å². The van der Waals surface area contributed by atoms with Crippen molar-refractivity contribution in [2.75, 3.05) is 5.32 Å². The lowest BCUT2D eigenvalue weighted by atomic mass is 9.86. The maximum absolute atomic E-state index is 10.9. The van der Waals surface area contributed by atoms with Gasteiger partial charge < -0.3 is 5.32 Å². The summed E-state index contributed by atoms with van der Waals surface area (Å²) in [6.45, 7) is 7.59. The first-order valence-corrected chi connectivity index (χ1v) is 5.54. The Morgan fingerprint density at radius 3 is 2.53 bits per heavy atom. The highest BCUT2D eigenvalue weighted by molar-refractivity contribution is 7.14. The molecule has 0 unspecified atom stereocenters. The Morgan fingerprint density at radius 2 is 2.13 bits per heavy atom. The van der Waals surface area contributed by atoms with Gasteiger partial charge in [-0.05, 0) is 16.4 Å². The average Bonchev–Trinajstić information content (AvgIpc) is 2.45. The lowest BCUT2D eigenvalue weighted by Crippen LogP contribution is -2.12. The van der Waals surface area contributed by atoms with E-state index in [1.54, 1.807) is 0 Å². The number of nitrogens with zero attached hydrogens (tertiary/aromatic N) is 1. The number of amides is 1. The molecular weight excluding hydrogens is 208 g/mol. The van der Waals surface area contributed by atoms with Crippen molar-refractivity contribution in [3.05, 3.63) is 16.5 Å². The third-order valence-electron chi connectivity index (χ3n) is 2.00. The van der Waals surface area contributed by atoms with Crippen molar-refractivity contribution in [3.63, 3.8) is 0 Å². The van der Waals surface area contributed by atoms with Crippen LogP contribution in [0.1, 0.15) is 38.8 Å². The molecule has 3 nitrogen and oxygen atoms in total. The predicted molar refractivity (Wildman–Crippen MR) is 62.0 cm³/mol. The molecule has 1 amide bonds. The number of nitriles is 1. The van der Waals surface area contributed by atoms with Gasteiger partial charge in [0.1, 0.15) is 11.1 Å². The zero-order valence-corrected chi connectivity index (χ0v) is 10.2. The molecule has 0 aliphatic rings. The van der Waals surface area contributed by atoms with Gasteiger partial charge in [-0.2, -0.15) is 5.26 Å². The normalized spacial score (nSPS) is 10.9. The molecule has 1 aromatic rings. The SMILES string of the molecule is CC(=O)Nc1scc(C(C)(C)C)c1C#N. The Hall–Kier alpha value is -1.34. The molecule has 0 aromatic carbocycles. The minimum Gasteiger partial charge on any atom is -0.317 e. The van der Waals surface area contributed by atoms with Crippen LogP contribution in [0.4, 0.5) is 5.00 Å². The van der Waals surface area contributed by atoms with Gasteiger partial charge in [-0.3, -0.25) is 4.79 Å². The minimum atomic E-state index is -0.145. The number of thiophene rings is 1. The Labute approximate surface area is 93.7 Å². The van der Waals surface area contributed by atoms with Gasteiger partial charge in [0.25, 0.3) is 0 Å². The molecule has 0 aliphatic carbocycles. The summed E-state index contributed by atoms with van der Waals surface area (Å²) in [7, 11) is 0. The molecule has 0 saturated heterocycles. The third kappa shape index (κ3) is 2.57. The smallest absolute Gasteiger partial charge is 0.221 e. The predicted octanol–water partition coefficient (Wildman–Crippen LogP) is 2.88. The molecule has 0 aliphatic heterocycles. The first-order valence-electron chi connectivity index (χ1n) is 4.66. The second-order valence-electron chi connectivity index (χ2n) is 4.40. The van der Waals surface area contributed by atoms with Gasteiger partial charge >= 0.3 is 0 Å². The summed E-state index contributed by atoms with van der Waals surface area (Å²) in [5.74, 6) is -0.145. The second-order valence-corrected chi connectivity index (χ2v) is 5.28. The average molecular weight is 222 g/mol. The Morgan fingerprint density at radius 1 is 1.53 bits per heavy atom. The van der Waals surface area contributed by atoms with Crippen molar-refractivity contribution in [2.45, 2.75) is 33.1 Å². The van der Waals surface area contributed by atoms with E-state index in [-0.39, 0.29) is 11.3 Å². The zero-order chi connectivity index (χ0) is 11.6. The summed E-state index contributed by atoms with van der Waals surface area (Å²) in [4.78, 5) is 10.9. The fraction of sp³-hybridized carbons (Fsp3) is 0.455. The first kappa shape index (κ1) is 11.7. The van der Waals surface area contributed by atoms with E-state index in [4.69, 9.17) is 5.26 Å². The van der Waals surface area contributed by atoms with Gasteiger partial charge in [-0.1, -0.05) is 20.8 Å². The molecule has 0 atom stereocenters. The van der Waals surface area contributed by atoms with E-state index in [9.17, 15) is 4.79 Å². The summed E-state index contributed by atoms with van der Waals surface area (Å²) in [5, 5.41) is 14.3. The molecular formula is C11H14N2OS. The Bertz CT molecular complexity index is 421. The third-order valence-corrected chi connectivity index (χ3v) is 2.90. The van der Waals surface area contributed by atoms with Crippen LogP contribution in [-0.2, 0) is 10.2 Å². The van der Waals surface area contributed by atoms with E-state index in [1.165, 1.54) is 18.3 Å². The summed E-state index contributed by atoms with van der Waals surface area (Å²) in [5.41, 5.74) is 1.50. The fourth-order valence-corrected chi connectivity index (χ4v) is 2.46. The Kier molecular flexibility index (Phi) is 3.15. The molecule has 0 radical (unpaired) electrons. The van der Waals surface area contributed by atoms with Crippen LogP contribution < -0.4 is 5.32 Å². The first-order chi connectivity index (χ1) is 6.86. The number of carbonyl (C=O) groups excluding carboxylic acids is 1. The van der Waals surface area contributed by atoms with Crippen molar-refractivity contribution in [1.82, 2.24) is 0 Å². The van der Waals surface area contributed by atoms with E-state index in [1.807, 2.05) is 26.2 Å². The maximum atomic E-state index is 10.9. The van der Waals surface area contributed by atoms with Gasteiger partial charge in [0.05, 0.1) is 5.56 Å². The molecule has 0 saturated carbocycles. The van der Waals surface area contributed by atoms with Crippen LogP contribution in [0.2, 0.25) is 0 Å². The number of nitrogens with one attached hydrogen (secondary N) is 1. The maximum Gasteiger partial charge on any atom is 0.221 e. The molecule has 1 N–H and O–H groups in total. The van der Waals surface area contributed by atoms with E-state index in [0.717, 1.165) is 5.56 Å². The fourth-order valence-electron chi connectivity index (χ4n) is 1.27. The topological polar surface area (TPSA) is 52.9 Å². The van der Waals surface area contributed by atoms with Gasteiger partial charge in [0.2, 0.25) is 5.91 Å². The molecule has 1 heterocycles. The lowest BCUT2D eigenvalue weighted by Gasteiger charge is -2.17. The van der Waals surface area contributed by atoms with Crippen LogP contribution in [0.25, 0.3) is 0 Å². The standard InChI is InChI=1S/C11H14N2OS/c1-7(14)13-10-8(5-12)9(6-15-10)11(2,3)4/h6H,1-4H3,(H,13,14). The number of anilines is 1. The monoisotopic (exact) mass is 222 g/mol. The van der Waals surface area contributed by atoms with Gasteiger partial charge in [0, 0.05) is 6.92 Å². The highest BCUT2D eigenvalue weighted by atomic mass is 32.1. The van der Waals surface area contributed by atoms with E-state index < -0.39 is 0 Å². The number of hydrogen-bond acceptors (Lipinski definition) is 3. The number of carbonyl (C=O) groups is 1. The lowest BCUT2D eigenvalue weighted by molar-refractivity contribution is -0.114. The minimum absolute atomic E-state index is 0.0711. The number of rotatable bonds is 1. The molecule has 1 aromatic heterocycles. The van der Waals surface area contributed by atoms with Crippen molar-refractivity contribution in [3.8, 4) is 6.07 Å². The van der Waals surface area contributed by atoms with Crippen molar-refractivity contribution >= 4 is 22.2 Å². The van der Waals surface area contributed by atoms with Crippen LogP contribution in [0.5, 0.6) is 0 Å². The van der Waals surface area contributed by atoms with Crippen LogP contribution in [0.15, 0.2) is 5.38 Å². The van der Waals surface area contributed by atoms with Crippen molar-refractivity contribution < 1.29 is 4.79 Å². The molecule has 4 heteroatoms. The van der Waals surface area contributed by atoms with Crippen LogP contribution in [-0.4, -0.2) is 5.91 Å².